The number of carbonyl (C=O) groups excluding carboxylic acids is 1. The van der Waals surface area contributed by atoms with Gasteiger partial charge in [0.1, 0.15) is 0 Å². The van der Waals surface area contributed by atoms with Crippen LogP contribution in [0.2, 0.25) is 0 Å². The minimum absolute atomic E-state index is 0.0867. The van der Waals surface area contributed by atoms with Crippen molar-refractivity contribution in [1.29, 1.82) is 0 Å². The summed E-state index contributed by atoms with van der Waals surface area (Å²) in [5.74, 6) is -0.0867. The minimum atomic E-state index is -0.0867. The van der Waals surface area contributed by atoms with Crippen molar-refractivity contribution in [2.75, 3.05) is 4.90 Å². The molecule has 1 amide bonds. The molecule has 3 heterocycles. The zero-order valence-electron chi connectivity index (χ0n) is 9.65. The molecule has 0 unspecified atom stereocenters. The summed E-state index contributed by atoms with van der Waals surface area (Å²) in [7, 11) is 0. The quantitative estimate of drug-likeness (QED) is 0.627. The summed E-state index contributed by atoms with van der Waals surface area (Å²) in [6.07, 6.45) is 5.18. The SMILES string of the molecule is O=C1/C(=C\c2cccs2)SC(=S)N1c1cccnc1. The number of aromatic nitrogens is 1. The van der Waals surface area contributed by atoms with Gasteiger partial charge in [0.15, 0.2) is 4.32 Å². The number of anilines is 1. The van der Waals surface area contributed by atoms with E-state index in [1.165, 1.54) is 16.7 Å². The van der Waals surface area contributed by atoms with E-state index in [4.69, 9.17) is 12.2 Å². The number of hydrogen-bond acceptors (Lipinski definition) is 5. The molecule has 6 heteroatoms. The van der Waals surface area contributed by atoms with Crippen LogP contribution >= 0.6 is 35.3 Å². The molecule has 2 aromatic heterocycles. The zero-order valence-corrected chi connectivity index (χ0v) is 12.1. The second-order valence-electron chi connectivity index (χ2n) is 3.74. The lowest BCUT2D eigenvalue weighted by molar-refractivity contribution is -0.113. The Morgan fingerprint density at radius 2 is 2.21 bits per heavy atom. The van der Waals surface area contributed by atoms with E-state index < -0.39 is 0 Å². The molecule has 0 spiro atoms. The van der Waals surface area contributed by atoms with E-state index in [2.05, 4.69) is 4.98 Å². The van der Waals surface area contributed by atoms with Crippen molar-refractivity contribution in [3.63, 3.8) is 0 Å². The molecule has 0 atom stereocenters. The standard InChI is InChI=1S/C13H8N2OS3/c16-12-11(7-10-4-2-6-18-10)19-13(17)15(12)9-3-1-5-14-8-9/h1-8H/b11-7+. The van der Waals surface area contributed by atoms with Crippen LogP contribution in [0.1, 0.15) is 4.88 Å². The van der Waals surface area contributed by atoms with Gasteiger partial charge < -0.3 is 0 Å². The minimum Gasteiger partial charge on any atom is -0.268 e. The van der Waals surface area contributed by atoms with E-state index in [1.807, 2.05) is 29.7 Å². The molecule has 1 fully saturated rings. The fraction of sp³-hybridized carbons (Fsp3) is 0. The first-order valence-electron chi connectivity index (χ1n) is 5.47. The Bertz CT molecular complexity index is 650. The van der Waals surface area contributed by atoms with E-state index in [0.717, 1.165) is 4.88 Å². The number of hydrogen-bond donors (Lipinski definition) is 0. The Hall–Kier alpha value is -1.50. The third kappa shape index (κ3) is 2.47. The maximum Gasteiger partial charge on any atom is 0.270 e. The van der Waals surface area contributed by atoms with E-state index in [0.29, 0.717) is 14.9 Å². The Kier molecular flexibility index (Phi) is 3.46. The number of nitrogens with zero attached hydrogens (tertiary/aromatic N) is 2. The molecular formula is C13H8N2OS3. The Balaban J connectivity index is 1.94. The highest BCUT2D eigenvalue weighted by molar-refractivity contribution is 8.27. The molecule has 94 valence electrons. The van der Waals surface area contributed by atoms with Crippen LogP contribution in [0.25, 0.3) is 6.08 Å². The summed E-state index contributed by atoms with van der Waals surface area (Å²) in [5, 5.41) is 1.98. The summed E-state index contributed by atoms with van der Waals surface area (Å²) in [6, 6.07) is 7.54. The fourth-order valence-corrected chi connectivity index (χ4v) is 3.70. The van der Waals surface area contributed by atoms with Crippen molar-refractivity contribution in [3.05, 3.63) is 51.8 Å². The average Bonchev–Trinajstić information content (AvgIpc) is 3.01. The summed E-state index contributed by atoms with van der Waals surface area (Å²) >= 11 is 8.19. The fourth-order valence-electron chi connectivity index (χ4n) is 1.68. The van der Waals surface area contributed by atoms with Crippen molar-refractivity contribution in [3.8, 4) is 0 Å². The summed E-state index contributed by atoms with van der Waals surface area (Å²) < 4.78 is 0.542. The summed E-state index contributed by atoms with van der Waals surface area (Å²) in [4.78, 5) is 19.6. The van der Waals surface area contributed by atoms with E-state index in [1.54, 1.807) is 29.8 Å². The van der Waals surface area contributed by atoms with Crippen LogP contribution in [0, 0.1) is 0 Å². The van der Waals surface area contributed by atoms with Gasteiger partial charge in [-0.05, 0) is 29.7 Å². The first-order valence-corrected chi connectivity index (χ1v) is 7.57. The Morgan fingerprint density at radius 1 is 1.32 bits per heavy atom. The number of pyridine rings is 1. The van der Waals surface area contributed by atoms with Crippen LogP contribution in [-0.2, 0) is 4.79 Å². The second-order valence-corrected chi connectivity index (χ2v) is 6.40. The van der Waals surface area contributed by atoms with Crippen LogP contribution < -0.4 is 4.90 Å². The van der Waals surface area contributed by atoms with Gasteiger partial charge in [0.25, 0.3) is 5.91 Å². The van der Waals surface area contributed by atoms with Gasteiger partial charge in [-0.1, -0.05) is 30.0 Å². The maximum absolute atomic E-state index is 12.4. The number of thiocarbonyl (C=S) groups is 1. The molecule has 0 radical (unpaired) electrons. The largest absolute Gasteiger partial charge is 0.270 e. The lowest BCUT2D eigenvalue weighted by Crippen LogP contribution is -2.27. The number of thiophene rings is 1. The van der Waals surface area contributed by atoms with Crippen LogP contribution in [0.5, 0.6) is 0 Å². The van der Waals surface area contributed by atoms with E-state index in [-0.39, 0.29) is 5.91 Å². The third-order valence-corrected chi connectivity index (χ3v) is 4.64. The lowest BCUT2D eigenvalue weighted by Gasteiger charge is -2.13. The molecule has 0 bridgehead atoms. The number of rotatable bonds is 2. The van der Waals surface area contributed by atoms with Gasteiger partial charge >= 0.3 is 0 Å². The molecular weight excluding hydrogens is 296 g/mol. The number of carbonyl (C=O) groups is 1. The average molecular weight is 304 g/mol. The van der Waals surface area contributed by atoms with E-state index >= 15 is 0 Å². The zero-order chi connectivity index (χ0) is 13.2. The van der Waals surface area contributed by atoms with Crippen LogP contribution in [-0.4, -0.2) is 15.2 Å². The van der Waals surface area contributed by atoms with Gasteiger partial charge in [0.05, 0.1) is 16.8 Å². The predicted octanol–water partition coefficient (Wildman–Crippen LogP) is 3.55. The second kappa shape index (κ2) is 5.24. The third-order valence-electron chi connectivity index (χ3n) is 2.51. The molecule has 0 saturated carbocycles. The Labute approximate surface area is 124 Å². The van der Waals surface area contributed by atoms with Gasteiger partial charge in [-0.25, -0.2) is 0 Å². The first kappa shape index (κ1) is 12.5. The molecule has 3 rings (SSSR count). The Morgan fingerprint density at radius 3 is 2.89 bits per heavy atom. The van der Waals surface area contributed by atoms with Gasteiger partial charge in [0, 0.05) is 11.1 Å². The topological polar surface area (TPSA) is 33.2 Å². The van der Waals surface area contributed by atoms with Crippen LogP contribution in [0.4, 0.5) is 5.69 Å². The van der Waals surface area contributed by atoms with Crippen molar-refractivity contribution in [2.24, 2.45) is 0 Å². The lowest BCUT2D eigenvalue weighted by atomic mass is 10.3. The smallest absolute Gasteiger partial charge is 0.268 e. The first-order chi connectivity index (χ1) is 9.25. The van der Waals surface area contributed by atoms with E-state index in [9.17, 15) is 4.79 Å². The molecule has 1 aliphatic heterocycles. The molecule has 3 nitrogen and oxygen atoms in total. The molecule has 0 aliphatic carbocycles. The normalized spacial score (nSPS) is 17.5. The number of amides is 1. The van der Waals surface area contributed by atoms with Crippen molar-refractivity contribution < 1.29 is 4.79 Å². The highest BCUT2D eigenvalue weighted by Crippen LogP contribution is 2.36. The summed E-state index contributed by atoms with van der Waals surface area (Å²) in [5.41, 5.74) is 0.708. The molecule has 2 aromatic rings. The van der Waals surface area contributed by atoms with Crippen LogP contribution in [0.15, 0.2) is 46.9 Å². The monoisotopic (exact) mass is 304 g/mol. The highest BCUT2D eigenvalue weighted by atomic mass is 32.2. The van der Waals surface area contributed by atoms with Gasteiger partial charge in [-0.3, -0.25) is 14.7 Å². The predicted molar refractivity (Wildman–Crippen MR) is 84.2 cm³/mol. The van der Waals surface area contributed by atoms with Gasteiger partial charge in [0.2, 0.25) is 0 Å². The maximum atomic E-state index is 12.4. The molecule has 1 aliphatic rings. The van der Waals surface area contributed by atoms with Gasteiger partial charge in [-0.15, -0.1) is 11.3 Å². The van der Waals surface area contributed by atoms with Crippen LogP contribution in [0.3, 0.4) is 0 Å². The van der Waals surface area contributed by atoms with Crippen molar-refractivity contribution >= 4 is 57.3 Å². The van der Waals surface area contributed by atoms with Crippen molar-refractivity contribution in [1.82, 2.24) is 4.98 Å². The summed E-state index contributed by atoms with van der Waals surface area (Å²) in [6.45, 7) is 0. The molecule has 1 saturated heterocycles. The molecule has 0 aromatic carbocycles. The molecule has 19 heavy (non-hydrogen) atoms. The van der Waals surface area contributed by atoms with Gasteiger partial charge in [-0.2, -0.15) is 0 Å². The van der Waals surface area contributed by atoms with Crippen molar-refractivity contribution in [2.45, 2.75) is 0 Å². The molecule has 0 N–H and O–H groups in total. The highest BCUT2D eigenvalue weighted by Gasteiger charge is 2.33. The number of thioether (sulfide) groups is 1.